The highest BCUT2D eigenvalue weighted by Gasteiger charge is 2.37. The van der Waals surface area contributed by atoms with Crippen LogP contribution >= 0.6 is 12.6 Å². The number of hydrogen-bond donors (Lipinski definition) is 8. The number of carbonyl (C=O) groups is 4. The molecular formula is C33H40N4O7S. The first kappa shape index (κ1) is 33.4. The van der Waals surface area contributed by atoms with Crippen molar-refractivity contribution < 1.29 is 34.5 Å². The lowest BCUT2D eigenvalue weighted by Gasteiger charge is -2.20. The van der Waals surface area contributed by atoms with Gasteiger partial charge >= 0.3 is 11.9 Å². The van der Waals surface area contributed by atoms with E-state index in [9.17, 15) is 34.5 Å². The molecule has 1 aromatic heterocycles. The lowest BCUT2D eigenvalue weighted by Crippen LogP contribution is -2.36. The number of carboxylic acids is 2. The van der Waals surface area contributed by atoms with E-state index in [1.807, 2.05) is 26.8 Å². The van der Waals surface area contributed by atoms with Crippen molar-refractivity contribution in [3.63, 3.8) is 0 Å². The Kier molecular flexibility index (Phi) is 10.2. The van der Waals surface area contributed by atoms with Gasteiger partial charge in [0.05, 0.1) is 12.3 Å². The average molecular weight is 637 g/mol. The molecule has 4 rings (SSSR count). The zero-order valence-corrected chi connectivity index (χ0v) is 26.7. The highest BCUT2D eigenvalue weighted by molar-refractivity contribution is 7.84. The number of allylic oxidation sites excluding steroid dienone is 2. The molecule has 4 heterocycles. The summed E-state index contributed by atoms with van der Waals surface area (Å²) in [7, 11) is 0. The fraction of sp³-hybridized carbons (Fsp3) is 0.394. The van der Waals surface area contributed by atoms with E-state index in [2.05, 4.69) is 40.1 Å². The summed E-state index contributed by atoms with van der Waals surface area (Å²) in [6.45, 7) is 11.2. The predicted molar refractivity (Wildman–Crippen MR) is 174 cm³/mol. The zero-order chi connectivity index (χ0) is 33.2. The monoisotopic (exact) mass is 636 g/mol. The van der Waals surface area contributed by atoms with Crippen molar-refractivity contribution in [3.8, 4) is 0 Å². The van der Waals surface area contributed by atoms with Crippen molar-refractivity contribution in [1.29, 1.82) is 0 Å². The van der Waals surface area contributed by atoms with Crippen LogP contribution in [-0.4, -0.2) is 56.1 Å². The van der Waals surface area contributed by atoms with Crippen LogP contribution < -0.4 is 16.0 Å². The Bertz CT molecular complexity index is 1610. The van der Waals surface area contributed by atoms with E-state index in [1.165, 1.54) is 0 Å². The standard InChI is InChI=1S/C33H40N4O7S/c1-6-19-15(2)24(36-33(19)44)11-22-16(3)20(7-9-29(39)40)25(34-22)13-26-21(8-10-30(41)42)17(4)23(35-26)12-27-31(28(45)14-38)18(5)32(43)37-27/h6,12-14,18,22,24,31,34-35,38,45H,1,7-11H2,2-5H3,(H,36,44)(H,37,43)(H,39,40)(H,41,42)/b25-13-,27-12-,28-14+/t18-,22?,24-,31-/m1/s1. The van der Waals surface area contributed by atoms with Gasteiger partial charge in [0.1, 0.15) is 0 Å². The summed E-state index contributed by atoms with van der Waals surface area (Å²) >= 11 is 4.37. The largest absolute Gasteiger partial charge is 0.515 e. The minimum Gasteiger partial charge on any atom is -0.515 e. The van der Waals surface area contributed by atoms with E-state index in [1.54, 1.807) is 19.1 Å². The Labute approximate surface area is 267 Å². The molecule has 0 aliphatic carbocycles. The lowest BCUT2D eigenvalue weighted by molar-refractivity contribution is -0.138. The number of amides is 2. The van der Waals surface area contributed by atoms with Gasteiger partial charge in [-0.1, -0.05) is 19.6 Å². The smallest absolute Gasteiger partial charge is 0.303 e. The van der Waals surface area contributed by atoms with Gasteiger partial charge in [-0.15, -0.1) is 12.6 Å². The number of aliphatic carboxylic acids is 2. The Balaban J connectivity index is 1.76. The molecule has 7 N–H and O–H groups in total. The molecule has 12 heteroatoms. The molecule has 11 nitrogen and oxygen atoms in total. The van der Waals surface area contributed by atoms with Crippen LogP contribution in [0, 0.1) is 18.8 Å². The number of aromatic amines is 1. The Morgan fingerprint density at radius 2 is 1.60 bits per heavy atom. The van der Waals surface area contributed by atoms with Crippen LogP contribution in [-0.2, 0) is 25.6 Å². The number of H-pyrrole nitrogens is 1. The number of aliphatic hydroxyl groups is 1. The van der Waals surface area contributed by atoms with Gasteiger partial charge in [-0.2, -0.15) is 0 Å². The Hall–Kier alpha value is -4.45. The fourth-order valence-electron chi connectivity index (χ4n) is 6.35. The topological polar surface area (TPSA) is 181 Å². The maximum Gasteiger partial charge on any atom is 0.303 e. The fourth-order valence-corrected chi connectivity index (χ4v) is 6.71. The van der Waals surface area contributed by atoms with Gasteiger partial charge < -0.3 is 36.3 Å². The number of nitrogens with one attached hydrogen (secondary N) is 4. The number of hydrogen-bond acceptors (Lipinski definition) is 7. The Morgan fingerprint density at radius 1 is 0.956 bits per heavy atom. The molecule has 0 aromatic carbocycles. The second-order valence-electron chi connectivity index (χ2n) is 11.7. The maximum atomic E-state index is 12.5. The van der Waals surface area contributed by atoms with Crippen molar-refractivity contribution in [2.45, 2.75) is 71.9 Å². The molecule has 45 heavy (non-hydrogen) atoms. The molecule has 3 aliphatic heterocycles. The van der Waals surface area contributed by atoms with Crippen molar-refractivity contribution in [3.05, 3.63) is 80.0 Å². The van der Waals surface area contributed by atoms with Crippen LogP contribution in [0.1, 0.15) is 69.0 Å². The summed E-state index contributed by atoms with van der Waals surface area (Å²) < 4.78 is 0. The molecule has 1 aromatic rings. The van der Waals surface area contributed by atoms with Gasteiger partial charge in [0.25, 0.3) is 5.91 Å². The molecule has 0 bridgehead atoms. The predicted octanol–water partition coefficient (Wildman–Crippen LogP) is 4.28. The molecule has 0 spiro atoms. The quantitative estimate of drug-likeness (QED) is 0.124. The minimum absolute atomic E-state index is 0.0746. The van der Waals surface area contributed by atoms with Crippen LogP contribution in [0.3, 0.4) is 0 Å². The van der Waals surface area contributed by atoms with Crippen LogP contribution in [0.2, 0.25) is 0 Å². The number of thiol groups is 1. The van der Waals surface area contributed by atoms with Crippen molar-refractivity contribution in [1.82, 2.24) is 20.9 Å². The number of carbonyl (C=O) groups excluding carboxylic acids is 2. The van der Waals surface area contributed by atoms with Crippen LogP contribution in [0.25, 0.3) is 12.2 Å². The highest BCUT2D eigenvalue weighted by Crippen LogP contribution is 2.37. The number of aromatic nitrogens is 1. The zero-order valence-electron chi connectivity index (χ0n) is 25.8. The molecule has 1 fully saturated rings. The lowest BCUT2D eigenvalue weighted by atomic mass is 9.93. The second-order valence-corrected chi connectivity index (χ2v) is 12.2. The van der Waals surface area contributed by atoms with E-state index in [4.69, 9.17) is 0 Å². The molecule has 4 atom stereocenters. The van der Waals surface area contributed by atoms with Gasteiger partial charge in [-0.05, 0) is 80.0 Å². The molecule has 3 aliphatic rings. The second kappa shape index (κ2) is 13.7. The van der Waals surface area contributed by atoms with E-state index >= 15 is 0 Å². The summed E-state index contributed by atoms with van der Waals surface area (Å²) in [5.41, 5.74) is 7.41. The maximum absolute atomic E-state index is 12.5. The van der Waals surface area contributed by atoms with Gasteiger partial charge in [-0.25, -0.2) is 0 Å². The molecule has 1 saturated heterocycles. The summed E-state index contributed by atoms with van der Waals surface area (Å²) in [6.07, 6.45) is 6.96. The normalized spacial score (nSPS) is 25.3. The molecule has 2 amide bonds. The van der Waals surface area contributed by atoms with Crippen LogP contribution in [0.15, 0.2) is 57.5 Å². The molecule has 240 valence electrons. The number of rotatable bonds is 12. The minimum atomic E-state index is -0.947. The summed E-state index contributed by atoms with van der Waals surface area (Å²) in [4.78, 5) is 51.7. The van der Waals surface area contributed by atoms with Crippen LogP contribution in [0.4, 0.5) is 0 Å². The van der Waals surface area contributed by atoms with Gasteiger partial charge in [0.15, 0.2) is 0 Å². The Morgan fingerprint density at radius 3 is 2.20 bits per heavy atom. The van der Waals surface area contributed by atoms with Gasteiger partial charge in [-0.3, -0.25) is 19.2 Å². The molecule has 0 radical (unpaired) electrons. The SMILES string of the molecule is C=CC1=C(C)[C@@H](CC2N/C(=C\c3[nH]c(/C=C4\NC(=O)[C@H](C)[C@H]4/C(S)=C\O)c(C)c3CCC(=O)O)C(CCC(=O)O)=C2C)NC1=O. The first-order valence-corrected chi connectivity index (χ1v) is 15.2. The third-order valence-corrected chi connectivity index (χ3v) is 9.40. The molecular weight excluding hydrogens is 596 g/mol. The first-order chi connectivity index (χ1) is 21.3. The van der Waals surface area contributed by atoms with Crippen molar-refractivity contribution >= 4 is 48.5 Å². The molecule has 1 unspecified atom stereocenters. The van der Waals surface area contributed by atoms with E-state index in [-0.39, 0.29) is 49.6 Å². The van der Waals surface area contributed by atoms with Gasteiger partial charge in [0, 0.05) is 64.0 Å². The number of aliphatic hydroxyl groups excluding tert-OH is 1. The summed E-state index contributed by atoms with van der Waals surface area (Å²) in [5, 5.41) is 37.9. The van der Waals surface area contributed by atoms with Crippen molar-refractivity contribution in [2.75, 3.05) is 0 Å². The van der Waals surface area contributed by atoms with Gasteiger partial charge in [0.2, 0.25) is 5.91 Å². The van der Waals surface area contributed by atoms with E-state index in [0.29, 0.717) is 39.7 Å². The van der Waals surface area contributed by atoms with E-state index in [0.717, 1.165) is 34.1 Å². The average Bonchev–Trinajstić information content (AvgIpc) is 3.63. The summed E-state index contributed by atoms with van der Waals surface area (Å²) in [6, 6.07) is -0.392. The third kappa shape index (κ3) is 6.95. The molecule has 0 saturated carbocycles. The number of carboxylic acid groups (broad SMARTS) is 2. The van der Waals surface area contributed by atoms with E-state index < -0.39 is 23.8 Å². The summed E-state index contributed by atoms with van der Waals surface area (Å²) in [5.74, 6) is -3.17. The third-order valence-electron chi connectivity index (χ3n) is 9.01. The highest BCUT2D eigenvalue weighted by atomic mass is 32.1. The van der Waals surface area contributed by atoms with Crippen molar-refractivity contribution in [2.24, 2.45) is 11.8 Å². The first-order valence-electron chi connectivity index (χ1n) is 14.8. The van der Waals surface area contributed by atoms with Crippen LogP contribution in [0.5, 0.6) is 0 Å².